The van der Waals surface area contributed by atoms with Crippen LogP contribution in [0.15, 0.2) is 59.5 Å². The van der Waals surface area contributed by atoms with Crippen LogP contribution in [0.25, 0.3) is 0 Å². The van der Waals surface area contributed by atoms with Gasteiger partial charge in [-0.25, -0.2) is 9.59 Å². The van der Waals surface area contributed by atoms with Crippen LogP contribution in [0.2, 0.25) is 5.02 Å². The molecule has 3 rings (SSSR count). The summed E-state index contributed by atoms with van der Waals surface area (Å²) < 4.78 is 5.20. The Labute approximate surface area is 212 Å². The first-order chi connectivity index (χ1) is 16.7. The van der Waals surface area contributed by atoms with Gasteiger partial charge in [-0.2, -0.15) is 0 Å². The van der Waals surface area contributed by atoms with Crippen LogP contribution in [-0.2, 0) is 14.4 Å². The summed E-state index contributed by atoms with van der Waals surface area (Å²) >= 11 is 7.66. The Balaban J connectivity index is 0.000000466. The molecule has 1 amide bonds. The number of carboxylic acids is 2. The van der Waals surface area contributed by atoms with E-state index in [1.54, 1.807) is 18.1 Å². The fourth-order valence-corrected chi connectivity index (χ4v) is 4.74. The summed E-state index contributed by atoms with van der Waals surface area (Å²) in [6, 6.07) is 12.9. The molecule has 0 saturated heterocycles. The van der Waals surface area contributed by atoms with Crippen molar-refractivity contribution in [2.24, 2.45) is 0 Å². The molecule has 0 aromatic heterocycles. The summed E-state index contributed by atoms with van der Waals surface area (Å²) in [5.41, 5.74) is 1.64. The highest BCUT2D eigenvalue weighted by molar-refractivity contribution is 7.99. The number of hydrogen-bond acceptors (Lipinski definition) is 7. The number of methoxy groups -OCH3 is 1. The first-order valence-corrected chi connectivity index (χ1v) is 11.9. The molecule has 0 saturated carbocycles. The van der Waals surface area contributed by atoms with Crippen LogP contribution in [0.5, 0.6) is 5.75 Å². The minimum absolute atomic E-state index is 0.303. The van der Waals surface area contributed by atoms with Gasteiger partial charge in [-0.1, -0.05) is 30.7 Å². The fourth-order valence-electron chi connectivity index (χ4n) is 3.20. The maximum absolute atomic E-state index is 13.1. The maximum Gasteiger partial charge on any atom is 0.328 e. The minimum Gasteiger partial charge on any atom is -0.497 e. The molecule has 4 N–H and O–H groups in total. The monoisotopic (exact) mass is 522 g/mol. The number of likely N-dealkylation sites (N-methyl/N-ethyl adjacent to an activating group) is 1. The molecule has 0 aliphatic carbocycles. The van der Waals surface area contributed by atoms with Gasteiger partial charge in [-0.15, -0.1) is 11.8 Å². The first kappa shape index (κ1) is 28.2. The van der Waals surface area contributed by atoms with Gasteiger partial charge in [0.05, 0.1) is 18.0 Å². The number of thioether (sulfide) groups is 1. The molecular formula is C24H27ClN2O7S. The lowest BCUT2D eigenvalue weighted by Gasteiger charge is -2.25. The van der Waals surface area contributed by atoms with Crippen molar-refractivity contribution < 1.29 is 34.4 Å². The summed E-state index contributed by atoms with van der Waals surface area (Å²) in [5.74, 6) is -2.09. The van der Waals surface area contributed by atoms with Crippen molar-refractivity contribution in [3.8, 4) is 5.75 Å². The Morgan fingerprint density at radius 3 is 2.31 bits per heavy atom. The number of carbonyl (C=O) groups excluding carboxylic acids is 1. The van der Waals surface area contributed by atoms with Crippen LogP contribution in [0, 0.1) is 0 Å². The predicted molar refractivity (Wildman–Crippen MR) is 134 cm³/mol. The molecule has 11 heteroatoms. The molecule has 9 nitrogen and oxygen atoms in total. The normalized spacial score (nSPS) is 17.3. The average molecular weight is 523 g/mol. The van der Waals surface area contributed by atoms with E-state index in [2.05, 4.69) is 5.32 Å². The van der Waals surface area contributed by atoms with Crippen molar-refractivity contribution in [2.75, 3.05) is 31.6 Å². The summed E-state index contributed by atoms with van der Waals surface area (Å²) in [7, 11) is 1.61. The van der Waals surface area contributed by atoms with Crippen molar-refractivity contribution in [1.82, 2.24) is 5.32 Å². The number of anilines is 1. The number of rotatable bonds is 8. The van der Waals surface area contributed by atoms with E-state index < -0.39 is 23.3 Å². The largest absolute Gasteiger partial charge is 0.497 e. The number of carbonyl (C=O) groups is 3. The summed E-state index contributed by atoms with van der Waals surface area (Å²) in [6.07, 6.45) is -0.0406. The van der Waals surface area contributed by atoms with Gasteiger partial charge in [0.2, 0.25) is 0 Å². The Morgan fingerprint density at radius 1 is 1.14 bits per heavy atom. The lowest BCUT2D eigenvalue weighted by atomic mass is 10.1. The zero-order chi connectivity index (χ0) is 26.0. The van der Waals surface area contributed by atoms with Crippen LogP contribution in [-0.4, -0.2) is 66.0 Å². The molecule has 1 aliphatic rings. The van der Waals surface area contributed by atoms with Crippen molar-refractivity contribution >= 4 is 46.9 Å². The zero-order valence-corrected chi connectivity index (χ0v) is 20.8. The van der Waals surface area contributed by atoms with E-state index in [-0.39, 0.29) is 5.91 Å². The van der Waals surface area contributed by atoms with Gasteiger partial charge in [-0.05, 0) is 42.4 Å². The Morgan fingerprint density at radius 2 is 1.77 bits per heavy atom. The highest BCUT2D eigenvalue weighted by Gasteiger charge is 2.37. The number of hydrogen-bond donors (Lipinski definition) is 4. The number of benzene rings is 2. The molecule has 0 radical (unpaired) electrons. The number of amides is 1. The van der Waals surface area contributed by atoms with E-state index in [0.29, 0.717) is 30.3 Å². The number of fused-ring (bicyclic) bond motifs is 1. The van der Waals surface area contributed by atoms with Gasteiger partial charge in [-0.3, -0.25) is 4.79 Å². The Kier molecular flexibility index (Phi) is 11.1. The molecule has 2 aromatic rings. The second-order valence-corrected chi connectivity index (χ2v) is 8.84. The number of nitrogens with one attached hydrogen (secondary N) is 1. The molecule has 1 heterocycles. The van der Waals surface area contributed by atoms with Crippen LogP contribution >= 0.6 is 23.4 Å². The number of carboxylic acid groups (broad SMARTS) is 2. The van der Waals surface area contributed by atoms with Gasteiger partial charge in [0.25, 0.3) is 5.91 Å². The Hall–Kier alpha value is -3.05. The fraction of sp³-hybridized carbons (Fsp3) is 0.292. The molecule has 0 fully saturated rings. The van der Waals surface area contributed by atoms with Crippen LogP contribution in [0.4, 0.5) is 5.69 Å². The molecule has 2 atom stereocenters. The molecule has 2 aromatic carbocycles. The quantitative estimate of drug-likeness (QED) is 0.304. The van der Waals surface area contributed by atoms with E-state index in [1.807, 2.05) is 43.3 Å². The van der Waals surface area contributed by atoms with E-state index >= 15 is 0 Å². The second kappa shape index (κ2) is 13.7. The predicted octanol–water partition coefficient (Wildman–Crippen LogP) is 3.21. The number of ether oxygens (including phenoxy) is 1. The van der Waals surface area contributed by atoms with E-state index in [4.69, 9.17) is 26.6 Å². The molecule has 1 aliphatic heterocycles. The van der Waals surface area contributed by atoms with E-state index in [0.717, 1.165) is 28.4 Å². The minimum atomic E-state index is -1.26. The number of aliphatic hydroxyl groups excluding tert-OH is 1. The van der Waals surface area contributed by atoms with Crippen molar-refractivity contribution in [3.05, 3.63) is 65.2 Å². The third kappa shape index (κ3) is 8.29. The molecular weight excluding hydrogens is 496 g/mol. The standard InChI is InChI=1S/C20H23ClN2O3S.C4H4O4/c1-3-22-10-11-23-16-9-6-14(21)12-17(16)27-19(18(24)20(23)25)13-4-7-15(26-2)8-5-13;5-3(6)1-2-4(7)8/h4-9,12,18-19,22,24H,3,10-11H2,1-2H3;1-2H,(H,5,6)(H,7,8)/b;2-1+/t18-,19+;/m0./s1. The van der Waals surface area contributed by atoms with Gasteiger partial charge >= 0.3 is 11.9 Å². The lowest BCUT2D eigenvalue weighted by Crippen LogP contribution is -2.43. The number of aliphatic carboxylic acids is 2. The topological polar surface area (TPSA) is 136 Å². The van der Waals surface area contributed by atoms with Crippen LogP contribution < -0.4 is 15.0 Å². The zero-order valence-electron chi connectivity index (χ0n) is 19.2. The summed E-state index contributed by atoms with van der Waals surface area (Å²) in [4.78, 5) is 34.7. The highest BCUT2D eigenvalue weighted by Crippen LogP contribution is 2.46. The SMILES string of the molecule is CCNCCN1C(=O)[C@@H](O)[C@@H](c2ccc(OC)cc2)Sc2cc(Cl)ccc21.O=C(O)/C=C/C(=O)O. The molecule has 0 spiro atoms. The Bertz CT molecular complexity index is 1050. The summed E-state index contributed by atoms with van der Waals surface area (Å²) in [5, 5.41) is 29.9. The van der Waals surface area contributed by atoms with Gasteiger partial charge in [0, 0.05) is 35.2 Å². The molecule has 188 valence electrons. The molecule has 0 unspecified atom stereocenters. The van der Waals surface area contributed by atoms with Crippen molar-refractivity contribution in [2.45, 2.75) is 23.2 Å². The van der Waals surface area contributed by atoms with Gasteiger partial charge in [0.1, 0.15) is 11.9 Å². The lowest BCUT2D eigenvalue weighted by molar-refractivity contribution is -0.134. The van der Waals surface area contributed by atoms with Crippen molar-refractivity contribution in [3.63, 3.8) is 0 Å². The third-order valence-electron chi connectivity index (χ3n) is 4.85. The molecule has 35 heavy (non-hydrogen) atoms. The van der Waals surface area contributed by atoms with Gasteiger partial charge < -0.3 is 30.3 Å². The van der Waals surface area contributed by atoms with E-state index in [9.17, 15) is 19.5 Å². The van der Waals surface area contributed by atoms with Gasteiger partial charge in [0.15, 0.2) is 0 Å². The van der Waals surface area contributed by atoms with Crippen LogP contribution in [0.1, 0.15) is 17.7 Å². The highest BCUT2D eigenvalue weighted by atomic mass is 35.5. The smallest absolute Gasteiger partial charge is 0.328 e. The van der Waals surface area contributed by atoms with E-state index in [1.165, 1.54) is 11.8 Å². The number of halogens is 1. The van der Waals surface area contributed by atoms with Crippen molar-refractivity contribution in [1.29, 1.82) is 0 Å². The van der Waals surface area contributed by atoms with Crippen LogP contribution in [0.3, 0.4) is 0 Å². The second-order valence-electron chi connectivity index (χ2n) is 7.22. The number of aliphatic hydroxyl groups is 1. The third-order valence-corrected chi connectivity index (χ3v) is 6.45. The summed E-state index contributed by atoms with van der Waals surface area (Å²) in [6.45, 7) is 3.97. The maximum atomic E-state index is 13.1. The average Bonchev–Trinajstić information content (AvgIpc) is 2.93. The molecule has 0 bridgehead atoms. The number of nitrogens with zero attached hydrogens (tertiary/aromatic N) is 1. The first-order valence-electron chi connectivity index (χ1n) is 10.6.